The van der Waals surface area contributed by atoms with E-state index >= 15 is 0 Å². The predicted molar refractivity (Wildman–Crippen MR) is 35.7 cm³/mol. The van der Waals surface area contributed by atoms with Crippen molar-refractivity contribution in [3.63, 3.8) is 0 Å². The Morgan fingerprint density at radius 3 is 2.71 bits per heavy atom. The summed E-state index contributed by atoms with van der Waals surface area (Å²) >= 11 is 2.10. The van der Waals surface area contributed by atoms with Crippen LogP contribution in [0.4, 0.5) is 0 Å². The van der Waals surface area contributed by atoms with Crippen molar-refractivity contribution in [2.24, 2.45) is 5.92 Å². The summed E-state index contributed by atoms with van der Waals surface area (Å²) in [5.74, 6) is 3.81. The summed E-state index contributed by atoms with van der Waals surface area (Å²) in [6, 6.07) is 0. The predicted octanol–water partition coefficient (Wildman–Crippen LogP) is 2.15. The third kappa shape index (κ3) is 1.72. The zero-order valence-corrected chi connectivity index (χ0v) is 5.63. The first-order valence-electron chi connectivity index (χ1n) is 2.97. The Bertz CT molecular complexity index is 46.1. The molecule has 0 aliphatic carbocycles. The molecule has 42 valence electrons. The van der Waals surface area contributed by atoms with Crippen molar-refractivity contribution in [2.45, 2.75) is 19.8 Å². The SMILES string of the molecule is CC1CCCSC1. The van der Waals surface area contributed by atoms with Gasteiger partial charge in [0.05, 0.1) is 0 Å². The Labute approximate surface area is 49.7 Å². The molecule has 0 aromatic carbocycles. The summed E-state index contributed by atoms with van der Waals surface area (Å²) in [7, 11) is 0. The molecule has 0 aromatic rings. The van der Waals surface area contributed by atoms with Gasteiger partial charge in [-0.1, -0.05) is 6.92 Å². The van der Waals surface area contributed by atoms with Gasteiger partial charge in [-0.25, -0.2) is 0 Å². The molecule has 1 aliphatic rings. The Morgan fingerprint density at radius 1 is 1.57 bits per heavy atom. The van der Waals surface area contributed by atoms with Gasteiger partial charge >= 0.3 is 0 Å². The lowest BCUT2D eigenvalue weighted by Crippen LogP contribution is -2.04. The average Bonchev–Trinajstić information content (AvgIpc) is 1.69. The molecule has 0 N–H and O–H groups in total. The van der Waals surface area contributed by atoms with Crippen molar-refractivity contribution in [3.05, 3.63) is 0 Å². The average molecular weight is 116 g/mol. The van der Waals surface area contributed by atoms with Gasteiger partial charge in [0.15, 0.2) is 0 Å². The van der Waals surface area contributed by atoms with Crippen LogP contribution in [0.5, 0.6) is 0 Å². The van der Waals surface area contributed by atoms with E-state index < -0.39 is 0 Å². The van der Waals surface area contributed by atoms with Crippen LogP contribution in [0.2, 0.25) is 0 Å². The van der Waals surface area contributed by atoms with Gasteiger partial charge in [0.25, 0.3) is 0 Å². The van der Waals surface area contributed by atoms with E-state index in [2.05, 4.69) is 18.7 Å². The lowest BCUT2D eigenvalue weighted by atomic mass is 10.1. The van der Waals surface area contributed by atoms with Crippen molar-refractivity contribution in [1.82, 2.24) is 0 Å². The number of hydrogen-bond acceptors (Lipinski definition) is 1. The van der Waals surface area contributed by atoms with Gasteiger partial charge in [-0.2, -0.15) is 11.8 Å². The third-order valence-corrected chi connectivity index (χ3v) is 2.77. The van der Waals surface area contributed by atoms with Crippen LogP contribution in [0.1, 0.15) is 19.8 Å². The lowest BCUT2D eigenvalue weighted by Gasteiger charge is -2.15. The van der Waals surface area contributed by atoms with E-state index in [1.807, 2.05) is 0 Å². The van der Waals surface area contributed by atoms with E-state index in [9.17, 15) is 0 Å². The molecule has 0 bridgehead atoms. The maximum atomic E-state index is 2.34. The largest absolute Gasteiger partial charge is 0.162 e. The highest BCUT2D eigenvalue weighted by atomic mass is 32.2. The molecule has 0 amide bonds. The van der Waals surface area contributed by atoms with Crippen LogP contribution < -0.4 is 0 Å². The Kier molecular flexibility index (Phi) is 2.04. The quantitative estimate of drug-likeness (QED) is 0.467. The fraction of sp³-hybridized carbons (Fsp3) is 1.00. The molecule has 1 atom stereocenters. The summed E-state index contributed by atoms with van der Waals surface area (Å²) in [5.41, 5.74) is 0. The fourth-order valence-corrected chi connectivity index (χ4v) is 2.01. The first-order valence-corrected chi connectivity index (χ1v) is 4.13. The van der Waals surface area contributed by atoms with Gasteiger partial charge in [0, 0.05) is 0 Å². The molecule has 1 heteroatoms. The molecule has 1 heterocycles. The fourth-order valence-electron chi connectivity index (χ4n) is 0.902. The van der Waals surface area contributed by atoms with Crippen LogP contribution in [-0.4, -0.2) is 11.5 Å². The molecule has 7 heavy (non-hydrogen) atoms. The maximum Gasteiger partial charge on any atom is -0.00418 e. The molecule has 0 spiro atoms. The van der Waals surface area contributed by atoms with Gasteiger partial charge in [-0.15, -0.1) is 0 Å². The molecule has 1 rings (SSSR count). The third-order valence-electron chi connectivity index (χ3n) is 1.39. The second-order valence-corrected chi connectivity index (χ2v) is 3.47. The van der Waals surface area contributed by atoms with Gasteiger partial charge in [-0.05, 0) is 30.3 Å². The van der Waals surface area contributed by atoms with Crippen LogP contribution in [0, 0.1) is 5.92 Å². The van der Waals surface area contributed by atoms with Gasteiger partial charge in [0.1, 0.15) is 0 Å². The summed E-state index contributed by atoms with van der Waals surface area (Å²) in [4.78, 5) is 0. The van der Waals surface area contributed by atoms with Crippen molar-refractivity contribution in [1.29, 1.82) is 0 Å². The van der Waals surface area contributed by atoms with Crippen molar-refractivity contribution in [3.8, 4) is 0 Å². The highest BCUT2D eigenvalue weighted by molar-refractivity contribution is 7.99. The van der Waals surface area contributed by atoms with Crippen molar-refractivity contribution in [2.75, 3.05) is 11.5 Å². The zero-order valence-electron chi connectivity index (χ0n) is 4.81. The molecule has 1 unspecified atom stereocenters. The van der Waals surface area contributed by atoms with Crippen LogP contribution in [0.15, 0.2) is 0 Å². The minimum atomic E-state index is 0.999. The van der Waals surface area contributed by atoms with E-state index in [4.69, 9.17) is 0 Å². The van der Waals surface area contributed by atoms with E-state index in [0.29, 0.717) is 0 Å². The first kappa shape index (κ1) is 5.49. The molecule has 1 fully saturated rings. The summed E-state index contributed by atoms with van der Waals surface area (Å²) in [6.45, 7) is 2.34. The van der Waals surface area contributed by atoms with E-state index in [0.717, 1.165) is 5.92 Å². The normalized spacial score (nSPS) is 33.0. The van der Waals surface area contributed by atoms with Gasteiger partial charge < -0.3 is 0 Å². The highest BCUT2D eigenvalue weighted by Gasteiger charge is 2.06. The van der Waals surface area contributed by atoms with Crippen LogP contribution in [-0.2, 0) is 0 Å². The molecule has 0 saturated carbocycles. The lowest BCUT2D eigenvalue weighted by molar-refractivity contribution is 0.573. The molecule has 0 radical (unpaired) electrons. The maximum absolute atomic E-state index is 2.34. The molecular formula is C6H12S. The Morgan fingerprint density at radius 2 is 2.43 bits per heavy atom. The van der Waals surface area contributed by atoms with Crippen LogP contribution in [0.3, 0.4) is 0 Å². The summed E-state index contributed by atoms with van der Waals surface area (Å²) < 4.78 is 0. The zero-order chi connectivity index (χ0) is 5.11. The standard InChI is InChI=1S/C6H12S/c1-6-3-2-4-7-5-6/h6H,2-5H2,1H3. The van der Waals surface area contributed by atoms with Crippen molar-refractivity contribution < 1.29 is 0 Å². The van der Waals surface area contributed by atoms with Crippen molar-refractivity contribution >= 4 is 11.8 Å². The topological polar surface area (TPSA) is 0 Å². The van der Waals surface area contributed by atoms with Gasteiger partial charge in [-0.3, -0.25) is 0 Å². The Hall–Kier alpha value is 0.350. The number of rotatable bonds is 0. The number of thioether (sulfide) groups is 1. The highest BCUT2D eigenvalue weighted by Crippen LogP contribution is 2.21. The minimum Gasteiger partial charge on any atom is -0.162 e. The molecule has 1 saturated heterocycles. The molecule has 0 aromatic heterocycles. The van der Waals surface area contributed by atoms with Crippen LogP contribution in [0.25, 0.3) is 0 Å². The smallest absolute Gasteiger partial charge is 0.00418 e. The summed E-state index contributed by atoms with van der Waals surface area (Å²) in [6.07, 6.45) is 2.92. The van der Waals surface area contributed by atoms with E-state index in [1.54, 1.807) is 0 Å². The minimum absolute atomic E-state index is 0.999. The van der Waals surface area contributed by atoms with E-state index in [-0.39, 0.29) is 0 Å². The molecule has 0 nitrogen and oxygen atoms in total. The van der Waals surface area contributed by atoms with Crippen LogP contribution >= 0.6 is 11.8 Å². The van der Waals surface area contributed by atoms with Gasteiger partial charge in [0.2, 0.25) is 0 Å². The first-order chi connectivity index (χ1) is 3.39. The molecule has 1 aliphatic heterocycles. The monoisotopic (exact) mass is 116 g/mol. The summed E-state index contributed by atoms with van der Waals surface area (Å²) in [5, 5.41) is 0. The van der Waals surface area contributed by atoms with E-state index in [1.165, 1.54) is 24.3 Å². The second kappa shape index (κ2) is 2.61. The molecular weight excluding hydrogens is 104 g/mol. The second-order valence-electron chi connectivity index (χ2n) is 2.32. The number of hydrogen-bond donors (Lipinski definition) is 0. The Balaban J connectivity index is 2.12.